The van der Waals surface area contributed by atoms with E-state index in [4.69, 9.17) is 4.74 Å². The average Bonchev–Trinajstić information content (AvgIpc) is 2.93. The van der Waals surface area contributed by atoms with Crippen molar-refractivity contribution in [1.29, 1.82) is 0 Å². The van der Waals surface area contributed by atoms with Crippen LogP contribution in [0.1, 0.15) is 24.1 Å². The summed E-state index contributed by atoms with van der Waals surface area (Å²) in [5.74, 6) is 0.994. The lowest BCUT2D eigenvalue weighted by Crippen LogP contribution is -2.45. The van der Waals surface area contributed by atoms with Gasteiger partial charge in [-0.25, -0.2) is 0 Å². The Bertz CT molecular complexity index is 792. The molecule has 0 bridgehead atoms. The van der Waals surface area contributed by atoms with Crippen LogP contribution >= 0.6 is 0 Å². The number of para-hydroxylation sites is 1. The number of hydrogen-bond acceptors (Lipinski definition) is 4. The van der Waals surface area contributed by atoms with E-state index in [1.807, 2.05) is 42.3 Å². The summed E-state index contributed by atoms with van der Waals surface area (Å²) >= 11 is 0. The third-order valence-electron chi connectivity index (χ3n) is 5.25. The Morgan fingerprint density at radius 2 is 2.04 bits per heavy atom. The summed E-state index contributed by atoms with van der Waals surface area (Å²) in [4.78, 5) is 21.6. The SMILES string of the molecule is Cc1cc(N2CCCN(C(=O)C3CCc4ccccc4O3)CC2)ccn1. The van der Waals surface area contributed by atoms with Crippen LogP contribution in [0.25, 0.3) is 0 Å². The number of amides is 1. The van der Waals surface area contributed by atoms with Gasteiger partial charge in [-0.3, -0.25) is 9.78 Å². The highest BCUT2D eigenvalue weighted by Crippen LogP contribution is 2.28. The third-order valence-corrected chi connectivity index (χ3v) is 5.25. The lowest BCUT2D eigenvalue weighted by molar-refractivity contribution is -0.139. The van der Waals surface area contributed by atoms with Crippen molar-refractivity contribution in [3.05, 3.63) is 53.9 Å². The van der Waals surface area contributed by atoms with Gasteiger partial charge in [-0.05, 0) is 49.9 Å². The molecule has 0 radical (unpaired) electrons. The fraction of sp³-hybridized carbons (Fsp3) is 0.429. The Balaban J connectivity index is 1.40. The van der Waals surface area contributed by atoms with Gasteiger partial charge in [0.25, 0.3) is 5.91 Å². The maximum Gasteiger partial charge on any atom is 0.263 e. The molecule has 5 nitrogen and oxygen atoms in total. The number of aryl methyl sites for hydroxylation is 2. The van der Waals surface area contributed by atoms with E-state index in [9.17, 15) is 4.79 Å². The van der Waals surface area contributed by atoms with E-state index >= 15 is 0 Å². The molecule has 2 aliphatic heterocycles. The van der Waals surface area contributed by atoms with Gasteiger partial charge < -0.3 is 14.5 Å². The molecule has 4 rings (SSSR count). The number of hydrogen-bond donors (Lipinski definition) is 0. The molecule has 5 heteroatoms. The smallest absolute Gasteiger partial charge is 0.263 e. The van der Waals surface area contributed by atoms with Crippen molar-refractivity contribution in [2.45, 2.75) is 32.3 Å². The molecule has 136 valence electrons. The van der Waals surface area contributed by atoms with E-state index in [1.54, 1.807) is 0 Å². The van der Waals surface area contributed by atoms with Crippen LogP contribution in [0.2, 0.25) is 0 Å². The molecule has 3 heterocycles. The van der Waals surface area contributed by atoms with Crippen LogP contribution in [0, 0.1) is 6.92 Å². The standard InChI is InChI=1S/C21H25N3O2/c1-16-15-18(9-10-22-16)23-11-4-12-24(14-13-23)21(25)20-8-7-17-5-2-3-6-19(17)26-20/h2-3,5-6,9-10,15,20H,4,7-8,11-14H2,1H3. The molecule has 2 aliphatic rings. The summed E-state index contributed by atoms with van der Waals surface area (Å²) < 4.78 is 6.00. The lowest BCUT2D eigenvalue weighted by atomic mass is 10.0. The number of carbonyl (C=O) groups is 1. The number of nitrogens with zero attached hydrogens (tertiary/aromatic N) is 3. The number of benzene rings is 1. The van der Waals surface area contributed by atoms with Crippen molar-refractivity contribution >= 4 is 11.6 Å². The molecule has 1 unspecified atom stereocenters. The second-order valence-electron chi connectivity index (χ2n) is 7.07. The van der Waals surface area contributed by atoms with Gasteiger partial charge in [0, 0.05) is 43.8 Å². The van der Waals surface area contributed by atoms with Gasteiger partial charge in [-0.15, -0.1) is 0 Å². The molecule has 1 fully saturated rings. The van der Waals surface area contributed by atoms with E-state index in [-0.39, 0.29) is 12.0 Å². The van der Waals surface area contributed by atoms with Crippen molar-refractivity contribution < 1.29 is 9.53 Å². The summed E-state index contributed by atoms with van der Waals surface area (Å²) in [6.45, 7) is 5.35. The zero-order valence-electron chi connectivity index (χ0n) is 15.2. The number of carbonyl (C=O) groups excluding carboxylic acids is 1. The van der Waals surface area contributed by atoms with Crippen LogP contribution in [-0.4, -0.2) is 48.1 Å². The minimum absolute atomic E-state index is 0.132. The Hall–Kier alpha value is -2.56. The number of rotatable bonds is 2. The molecule has 0 spiro atoms. The van der Waals surface area contributed by atoms with Crippen molar-refractivity contribution in [2.24, 2.45) is 0 Å². The van der Waals surface area contributed by atoms with Gasteiger partial charge in [0.1, 0.15) is 5.75 Å². The fourth-order valence-corrected chi connectivity index (χ4v) is 3.82. The van der Waals surface area contributed by atoms with Gasteiger partial charge in [0.05, 0.1) is 0 Å². The summed E-state index contributed by atoms with van der Waals surface area (Å²) in [7, 11) is 0. The first kappa shape index (κ1) is 16.9. The van der Waals surface area contributed by atoms with E-state index < -0.39 is 0 Å². The maximum atomic E-state index is 13.0. The second-order valence-corrected chi connectivity index (χ2v) is 7.07. The first-order valence-electron chi connectivity index (χ1n) is 9.42. The van der Waals surface area contributed by atoms with E-state index in [0.717, 1.165) is 56.9 Å². The molecule has 1 saturated heterocycles. The van der Waals surface area contributed by atoms with Gasteiger partial charge in [0.2, 0.25) is 0 Å². The highest BCUT2D eigenvalue weighted by atomic mass is 16.5. The average molecular weight is 351 g/mol. The number of anilines is 1. The number of aromatic nitrogens is 1. The minimum Gasteiger partial charge on any atom is -0.480 e. The van der Waals surface area contributed by atoms with Crippen LogP contribution in [0.4, 0.5) is 5.69 Å². The van der Waals surface area contributed by atoms with Gasteiger partial charge in [-0.2, -0.15) is 0 Å². The Morgan fingerprint density at radius 1 is 1.15 bits per heavy atom. The molecular weight excluding hydrogens is 326 g/mol. The van der Waals surface area contributed by atoms with E-state index in [0.29, 0.717) is 0 Å². The summed E-state index contributed by atoms with van der Waals surface area (Å²) in [6.07, 6.45) is 4.14. The van der Waals surface area contributed by atoms with Gasteiger partial charge in [0.15, 0.2) is 6.10 Å². The molecule has 0 N–H and O–H groups in total. The normalized spacial score (nSPS) is 20.1. The molecule has 1 atom stereocenters. The largest absolute Gasteiger partial charge is 0.480 e. The van der Waals surface area contributed by atoms with Crippen molar-refractivity contribution in [3.8, 4) is 5.75 Å². The molecule has 1 aromatic heterocycles. The second kappa shape index (κ2) is 7.36. The highest BCUT2D eigenvalue weighted by Gasteiger charge is 2.30. The van der Waals surface area contributed by atoms with Crippen LogP contribution < -0.4 is 9.64 Å². The van der Waals surface area contributed by atoms with Crippen molar-refractivity contribution in [2.75, 3.05) is 31.1 Å². The van der Waals surface area contributed by atoms with Crippen molar-refractivity contribution in [3.63, 3.8) is 0 Å². The van der Waals surface area contributed by atoms with Gasteiger partial charge >= 0.3 is 0 Å². The minimum atomic E-state index is -0.348. The summed E-state index contributed by atoms with van der Waals surface area (Å²) in [5.41, 5.74) is 3.41. The highest BCUT2D eigenvalue weighted by molar-refractivity contribution is 5.81. The van der Waals surface area contributed by atoms with Crippen LogP contribution in [0.15, 0.2) is 42.6 Å². The fourth-order valence-electron chi connectivity index (χ4n) is 3.82. The lowest BCUT2D eigenvalue weighted by Gasteiger charge is -2.30. The van der Waals surface area contributed by atoms with Crippen LogP contribution in [-0.2, 0) is 11.2 Å². The summed E-state index contributed by atoms with van der Waals surface area (Å²) in [5, 5.41) is 0. The molecule has 26 heavy (non-hydrogen) atoms. The molecule has 1 aromatic carbocycles. The monoisotopic (exact) mass is 351 g/mol. The van der Waals surface area contributed by atoms with Crippen molar-refractivity contribution in [1.82, 2.24) is 9.88 Å². The molecule has 0 aliphatic carbocycles. The topological polar surface area (TPSA) is 45.7 Å². The predicted molar refractivity (Wildman–Crippen MR) is 102 cm³/mol. The van der Waals surface area contributed by atoms with E-state index in [2.05, 4.69) is 22.0 Å². The quantitative estimate of drug-likeness (QED) is 0.835. The van der Waals surface area contributed by atoms with Crippen LogP contribution in [0.3, 0.4) is 0 Å². The third kappa shape index (κ3) is 3.52. The first-order valence-corrected chi connectivity index (χ1v) is 9.42. The molecule has 1 amide bonds. The predicted octanol–water partition coefficient (Wildman–Crippen LogP) is 2.82. The molecule has 2 aromatic rings. The first-order chi connectivity index (χ1) is 12.7. The van der Waals surface area contributed by atoms with E-state index in [1.165, 1.54) is 11.3 Å². The molecular formula is C21H25N3O2. The van der Waals surface area contributed by atoms with Gasteiger partial charge in [-0.1, -0.05) is 18.2 Å². The number of pyridine rings is 1. The Labute approximate surface area is 154 Å². The number of fused-ring (bicyclic) bond motifs is 1. The molecule has 0 saturated carbocycles. The Kier molecular flexibility index (Phi) is 4.78. The zero-order chi connectivity index (χ0) is 17.9. The zero-order valence-corrected chi connectivity index (χ0v) is 15.2. The maximum absolute atomic E-state index is 13.0. The number of ether oxygens (including phenoxy) is 1. The summed E-state index contributed by atoms with van der Waals surface area (Å²) in [6, 6.07) is 12.2. The Morgan fingerprint density at radius 3 is 2.92 bits per heavy atom. The van der Waals surface area contributed by atoms with Crippen LogP contribution in [0.5, 0.6) is 5.75 Å².